The summed E-state index contributed by atoms with van der Waals surface area (Å²) in [6.07, 6.45) is 6.81. The van der Waals surface area contributed by atoms with Crippen LogP contribution in [0.15, 0.2) is 24.3 Å². The third-order valence-corrected chi connectivity index (χ3v) is 6.18. The number of hydrogen-bond acceptors (Lipinski definition) is 3. The maximum atomic E-state index is 12.4. The number of piperidine rings is 1. The molecule has 6 heteroatoms. The molecule has 2 fully saturated rings. The third kappa shape index (κ3) is 4.26. The van der Waals surface area contributed by atoms with Crippen molar-refractivity contribution in [2.75, 3.05) is 26.7 Å². The van der Waals surface area contributed by atoms with Crippen LogP contribution in [-0.2, 0) is 4.74 Å². The second kappa shape index (κ2) is 8.30. The van der Waals surface area contributed by atoms with Crippen molar-refractivity contribution in [1.29, 1.82) is 0 Å². The molecular weight excluding hydrogens is 340 g/mol. The highest BCUT2D eigenvalue weighted by Gasteiger charge is 2.27. The van der Waals surface area contributed by atoms with E-state index in [1.807, 2.05) is 17.0 Å². The summed E-state index contributed by atoms with van der Waals surface area (Å²) in [4.78, 5) is 22.6. The highest BCUT2D eigenvalue weighted by atomic mass is 16.5. The van der Waals surface area contributed by atoms with E-state index >= 15 is 0 Å². The Balaban J connectivity index is 1.24. The Bertz CT molecular complexity index is 733. The lowest BCUT2D eigenvalue weighted by Crippen LogP contribution is -2.48. The molecule has 1 aromatic heterocycles. The van der Waals surface area contributed by atoms with Gasteiger partial charge in [0.25, 0.3) is 0 Å². The number of aromatic nitrogens is 2. The number of methoxy groups -OCH3 is 1. The minimum absolute atomic E-state index is 0.0659. The lowest BCUT2D eigenvalue weighted by Gasteiger charge is -2.33. The first-order chi connectivity index (χ1) is 13.2. The standard InChI is InChI=1S/C21H30N4O2/c1-27-17-5-4-12-25(14-17)21(26)22-13-15-8-10-16(11-9-15)20-23-18-6-2-3-7-19(18)24-20/h2-3,6-7,15-17H,4-5,8-14H2,1H3,(H,22,26)(H,23,24)/t15?,16?,17-/m1/s1. The number of imidazole rings is 1. The molecule has 146 valence electrons. The van der Waals surface area contributed by atoms with E-state index in [1.54, 1.807) is 7.11 Å². The average Bonchev–Trinajstić information content (AvgIpc) is 3.16. The first-order valence-electron chi connectivity index (χ1n) is 10.2. The van der Waals surface area contributed by atoms with Gasteiger partial charge in [-0.15, -0.1) is 0 Å². The number of rotatable bonds is 4. The second-order valence-electron chi connectivity index (χ2n) is 7.99. The van der Waals surface area contributed by atoms with Crippen molar-refractivity contribution < 1.29 is 9.53 Å². The molecular formula is C21H30N4O2. The Morgan fingerprint density at radius 2 is 2.07 bits per heavy atom. The van der Waals surface area contributed by atoms with Crippen molar-refractivity contribution in [2.24, 2.45) is 5.92 Å². The van der Waals surface area contributed by atoms with E-state index in [-0.39, 0.29) is 12.1 Å². The highest BCUT2D eigenvalue weighted by molar-refractivity contribution is 5.75. The van der Waals surface area contributed by atoms with E-state index in [9.17, 15) is 4.79 Å². The Labute approximate surface area is 160 Å². The lowest BCUT2D eigenvalue weighted by atomic mass is 9.81. The Hall–Kier alpha value is -2.08. The number of aromatic amines is 1. The smallest absolute Gasteiger partial charge is 0.317 e. The number of para-hydroxylation sites is 2. The summed E-state index contributed by atoms with van der Waals surface area (Å²) in [6, 6.07) is 8.29. The molecule has 1 aromatic carbocycles. The molecule has 27 heavy (non-hydrogen) atoms. The quantitative estimate of drug-likeness (QED) is 0.863. The number of carbonyl (C=O) groups is 1. The SMILES string of the molecule is CO[C@@H]1CCCN(C(=O)NCC2CCC(c3nc4ccccc4[nH]3)CC2)C1. The zero-order valence-corrected chi connectivity index (χ0v) is 16.1. The molecule has 1 aliphatic heterocycles. The van der Waals surface area contributed by atoms with Crippen LogP contribution in [-0.4, -0.2) is 53.7 Å². The van der Waals surface area contributed by atoms with E-state index in [2.05, 4.69) is 22.4 Å². The molecule has 2 heterocycles. The van der Waals surface area contributed by atoms with E-state index in [4.69, 9.17) is 9.72 Å². The van der Waals surface area contributed by atoms with Crippen LogP contribution in [0.1, 0.15) is 50.3 Å². The van der Waals surface area contributed by atoms with E-state index in [1.165, 1.54) is 0 Å². The summed E-state index contributed by atoms with van der Waals surface area (Å²) >= 11 is 0. The fourth-order valence-electron chi connectivity index (χ4n) is 4.46. The molecule has 2 aliphatic rings. The third-order valence-electron chi connectivity index (χ3n) is 6.18. The molecule has 1 aliphatic carbocycles. The second-order valence-corrected chi connectivity index (χ2v) is 7.99. The number of benzene rings is 1. The topological polar surface area (TPSA) is 70.2 Å². The van der Waals surface area contributed by atoms with Gasteiger partial charge in [0.15, 0.2) is 0 Å². The van der Waals surface area contributed by atoms with E-state index in [0.29, 0.717) is 18.4 Å². The van der Waals surface area contributed by atoms with E-state index in [0.717, 1.165) is 68.5 Å². The van der Waals surface area contributed by atoms with Gasteiger partial charge in [-0.1, -0.05) is 12.1 Å². The molecule has 2 aromatic rings. The largest absolute Gasteiger partial charge is 0.380 e. The summed E-state index contributed by atoms with van der Waals surface area (Å²) in [5, 5.41) is 3.15. The molecule has 2 amide bonds. The minimum atomic E-state index is 0.0659. The van der Waals surface area contributed by atoms with Gasteiger partial charge in [0.1, 0.15) is 5.82 Å². The predicted molar refractivity (Wildman–Crippen MR) is 106 cm³/mol. The first-order valence-corrected chi connectivity index (χ1v) is 10.2. The highest BCUT2D eigenvalue weighted by Crippen LogP contribution is 2.35. The summed E-state index contributed by atoms with van der Waals surface area (Å²) in [5.41, 5.74) is 2.18. The maximum absolute atomic E-state index is 12.4. The maximum Gasteiger partial charge on any atom is 0.317 e. The Morgan fingerprint density at radius 3 is 2.85 bits per heavy atom. The molecule has 1 saturated heterocycles. The number of nitrogens with zero attached hydrogens (tertiary/aromatic N) is 2. The van der Waals surface area contributed by atoms with Crippen LogP contribution in [0, 0.1) is 5.92 Å². The van der Waals surface area contributed by atoms with Crippen LogP contribution in [0.5, 0.6) is 0 Å². The zero-order valence-electron chi connectivity index (χ0n) is 16.1. The first kappa shape index (κ1) is 18.3. The van der Waals surface area contributed by atoms with Crippen molar-refractivity contribution in [3.63, 3.8) is 0 Å². The van der Waals surface area contributed by atoms with Gasteiger partial charge < -0.3 is 19.9 Å². The zero-order chi connectivity index (χ0) is 18.6. The van der Waals surface area contributed by atoms with Crippen molar-refractivity contribution >= 4 is 17.1 Å². The van der Waals surface area contributed by atoms with Gasteiger partial charge in [-0.3, -0.25) is 0 Å². The summed E-state index contributed by atoms with van der Waals surface area (Å²) in [5.74, 6) is 2.20. The number of ether oxygens (including phenoxy) is 1. The fourth-order valence-corrected chi connectivity index (χ4v) is 4.46. The van der Waals surface area contributed by atoms with Gasteiger partial charge in [-0.2, -0.15) is 0 Å². The molecule has 2 N–H and O–H groups in total. The van der Waals surface area contributed by atoms with Crippen molar-refractivity contribution in [3.8, 4) is 0 Å². The van der Waals surface area contributed by atoms with Gasteiger partial charge in [0.2, 0.25) is 0 Å². The van der Waals surface area contributed by atoms with Crippen LogP contribution in [0.4, 0.5) is 4.79 Å². The van der Waals surface area contributed by atoms with E-state index < -0.39 is 0 Å². The fraction of sp³-hybridized carbons (Fsp3) is 0.619. The molecule has 0 spiro atoms. The predicted octanol–water partition coefficient (Wildman–Crippen LogP) is 3.66. The number of urea groups is 1. The lowest BCUT2D eigenvalue weighted by molar-refractivity contribution is 0.0432. The Morgan fingerprint density at radius 1 is 1.26 bits per heavy atom. The van der Waals surface area contributed by atoms with Crippen LogP contribution >= 0.6 is 0 Å². The number of nitrogens with one attached hydrogen (secondary N) is 2. The summed E-state index contributed by atoms with van der Waals surface area (Å²) in [6.45, 7) is 2.32. The molecule has 0 radical (unpaired) electrons. The number of hydrogen-bond donors (Lipinski definition) is 2. The minimum Gasteiger partial charge on any atom is -0.380 e. The van der Waals surface area contributed by atoms with Crippen molar-refractivity contribution in [2.45, 2.75) is 50.5 Å². The monoisotopic (exact) mass is 370 g/mol. The molecule has 1 saturated carbocycles. The average molecular weight is 370 g/mol. The van der Waals surface area contributed by atoms with Gasteiger partial charge in [-0.25, -0.2) is 9.78 Å². The van der Waals surface area contributed by atoms with Gasteiger partial charge >= 0.3 is 6.03 Å². The van der Waals surface area contributed by atoms with Crippen LogP contribution in [0.25, 0.3) is 11.0 Å². The molecule has 0 unspecified atom stereocenters. The van der Waals surface area contributed by atoms with Gasteiger partial charge in [-0.05, 0) is 56.6 Å². The molecule has 0 bridgehead atoms. The number of fused-ring (bicyclic) bond motifs is 1. The number of likely N-dealkylation sites (tertiary alicyclic amines) is 1. The summed E-state index contributed by atoms with van der Waals surface area (Å²) in [7, 11) is 1.73. The molecule has 6 nitrogen and oxygen atoms in total. The van der Waals surface area contributed by atoms with Crippen molar-refractivity contribution in [3.05, 3.63) is 30.1 Å². The number of amides is 2. The number of H-pyrrole nitrogens is 1. The summed E-state index contributed by atoms with van der Waals surface area (Å²) < 4.78 is 5.41. The normalized spacial score (nSPS) is 26.3. The van der Waals surface area contributed by atoms with Crippen LogP contribution in [0.2, 0.25) is 0 Å². The van der Waals surface area contributed by atoms with Crippen molar-refractivity contribution in [1.82, 2.24) is 20.2 Å². The van der Waals surface area contributed by atoms with Crippen LogP contribution < -0.4 is 5.32 Å². The van der Waals surface area contributed by atoms with Crippen LogP contribution in [0.3, 0.4) is 0 Å². The van der Waals surface area contributed by atoms with Gasteiger partial charge in [0, 0.05) is 32.7 Å². The van der Waals surface area contributed by atoms with Gasteiger partial charge in [0.05, 0.1) is 17.1 Å². The Kier molecular flexibility index (Phi) is 5.62. The number of carbonyl (C=O) groups excluding carboxylic acids is 1. The molecule has 1 atom stereocenters. The molecule has 4 rings (SSSR count).